The van der Waals surface area contributed by atoms with Gasteiger partial charge in [0.15, 0.2) is 0 Å². The Morgan fingerprint density at radius 1 is 1.08 bits per heavy atom. The molecule has 0 atom stereocenters. The van der Waals surface area contributed by atoms with E-state index >= 15 is 0 Å². The Bertz CT molecular complexity index is 1010. The first-order valence-corrected chi connectivity index (χ1v) is 8.80. The van der Waals surface area contributed by atoms with Crippen LogP contribution in [0.1, 0.15) is 15.4 Å². The Balaban J connectivity index is 1.48. The largest absolute Gasteiger partial charge is 0.346 e. The summed E-state index contributed by atoms with van der Waals surface area (Å²) in [6.45, 7) is 0.358. The highest BCUT2D eigenvalue weighted by Crippen LogP contribution is 2.22. The highest BCUT2D eigenvalue weighted by molar-refractivity contribution is 7.09. The van der Waals surface area contributed by atoms with Gasteiger partial charge in [0, 0.05) is 16.5 Å². The van der Waals surface area contributed by atoms with Crippen LogP contribution in [-0.4, -0.2) is 31.5 Å². The minimum atomic E-state index is -0.207. The monoisotopic (exact) mass is 362 g/mol. The van der Waals surface area contributed by atoms with E-state index < -0.39 is 0 Å². The maximum absolute atomic E-state index is 12.6. The second kappa shape index (κ2) is 7.24. The van der Waals surface area contributed by atoms with Crippen molar-refractivity contribution in [3.05, 3.63) is 70.5 Å². The van der Waals surface area contributed by atoms with Crippen molar-refractivity contribution in [2.75, 3.05) is 0 Å². The van der Waals surface area contributed by atoms with Crippen LogP contribution in [0.3, 0.4) is 0 Å². The lowest BCUT2D eigenvalue weighted by Crippen LogP contribution is -2.23. The fourth-order valence-electron chi connectivity index (χ4n) is 2.54. The van der Waals surface area contributed by atoms with E-state index in [9.17, 15) is 4.79 Å². The second-order valence-corrected chi connectivity index (χ2v) is 6.40. The molecule has 0 aliphatic rings. The lowest BCUT2D eigenvalue weighted by atomic mass is 10.1. The molecule has 1 amide bonds. The van der Waals surface area contributed by atoms with Crippen LogP contribution in [0.15, 0.2) is 60.0 Å². The summed E-state index contributed by atoms with van der Waals surface area (Å²) < 4.78 is 0. The van der Waals surface area contributed by atoms with E-state index in [0.717, 1.165) is 16.3 Å². The van der Waals surface area contributed by atoms with Crippen LogP contribution in [0.25, 0.3) is 22.6 Å². The van der Waals surface area contributed by atoms with Gasteiger partial charge in [0.25, 0.3) is 5.91 Å². The zero-order valence-corrected chi connectivity index (χ0v) is 14.4. The maximum Gasteiger partial charge on any atom is 0.252 e. The first kappa shape index (κ1) is 16.1. The summed E-state index contributed by atoms with van der Waals surface area (Å²) in [5.74, 6) is 0.179. The summed E-state index contributed by atoms with van der Waals surface area (Å²) in [6, 6.07) is 17.1. The van der Waals surface area contributed by atoms with E-state index in [1.807, 2.05) is 41.8 Å². The Kier molecular flexibility index (Phi) is 4.48. The highest BCUT2D eigenvalue weighted by atomic mass is 32.1. The van der Waals surface area contributed by atoms with Crippen LogP contribution in [0.5, 0.6) is 0 Å². The van der Waals surface area contributed by atoms with E-state index in [4.69, 9.17) is 0 Å². The number of carbonyl (C=O) groups excluding carboxylic acids is 1. The summed E-state index contributed by atoms with van der Waals surface area (Å²) in [5, 5.41) is 19.6. The van der Waals surface area contributed by atoms with Crippen LogP contribution in [0, 0.1) is 0 Å². The molecule has 2 aromatic heterocycles. The first-order chi connectivity index (χ1) is 12.8. The van der Waals surface area contributed by atoms with Gasteiger partial charge in [-0.05, 0) is 11.3 Å². The van der Waals surface area contributed by atoms with Gasteiger partial charge in [0.2, 0.25) is 5.82 Å². The van der Waals surface area contributed by atoms with Gasteiger partial charge < -0.3 is 5.32 Å². The van der Waals surface area contributed by atoms with Crippen LogP contribution in [0.4, 0.5) is 0 Å². The topological polar surface area (TPSA) is 96.5 Å². The van der Waals surface area contributed by atoms with Crippen molar-refractivity contribution in [3.8, 4) is 22.6 Å². The quantitative estimate of drug-likeness (QED) is 0.569. The van der Waals surface area contributed by atoms with Crippen LogP contribution in [-0.2, 0) is 6.54 Å². The predicted octanol–water partition coefficient (Wildman–Crippen LogP) is 2.92. The maximum atomic E-state index is 12.6. The molecule has 128 valence electrons. The number of nitrogens with zero attached hydrogens (tertiary/aromatic N) is 4. The van der Waals surface area contributed by atoms with Crippen molar-refractivity contribution in [1.29, 1.82) is 0 Å². The molecule has 4 aromatic rings. The molecule has 4 rings (SSSR count). The van der Waals surface area contributed by atoms with Gasteiger partial charge in [-0.3, -0.25) is 4.79 Å². The Hall–Kier alpha value is -3.39. The number of amides is 1. The number of rotatable bonds is 5. The number of nitrogens with one attached hydrogen (secondary N) is 2. The summed E-state index contributed by atoms with van der Waals surface area (Å²) in [7, 11) is 0. The Morgan fingerprint density at radius 2 is 1.88 bits per heavy atom. The smallest absolute Gasteiger partial charge is 0.252 e. The fourth-order valence-corrected chi connectivity index (χ4v) is 3.28. The molecule has 0 unspecified atom stereocenters. The number of hydrogen-bond acceptors (Lipinski definition) is 6. The second-order valence-electron chi connectivity index (χ2n) is 5.46. The van der Waals surface area contributed by atoms with Crippen LogP contribution >= 0.6 is 11.3 Å². The number of aromatic amines is 1. The van der Waals surface area contributed by atoms with E-state index in [1.54, 1.807) is 18.2 Å². The lowest BCUT2D eigenvalue weighted by molar-refractivity contribution is 0.0951. The van der Waals surface area contributed by atoms with Gasteiger partial charge in [-0.1, -0.05) is 48.5 Å². The zero-order chi connectivity index (χ0) is 17.8. The van der Waals surface area contributed by atoms with E-state index in [-0.39, 0.29) is 5.91 Å². The molecule has 0 fully saturated rings. The third kappa shape index (κ3) is 3.35. The molecule has 0 spiro atoms. The van der Waals surface area contributed by atoms with Crippen LogP contribution in [0.2, 0.25) is 0 Å². The molecular weight excluding hydrogens is 348 g/mol. The first-order valence-electron chi connectivity index (χ1n) is 7.92. The molecule has 2 aromatic carbocycles. The third-order valence-electron chi connectivity index (χ3n) is 3.78. The standard InChI is InChI=1S/C18H14N6OS/c25-18(14-9-5-4-8-13(14)17-21-23-24-22-17)19-10-16-20-15(11-26-16)12-6-2-1-3-7-12/h1-9,11H,10H2,(H,19,25)(H,21,22,23,24). The summed E-state index contributed by atoms with van der Waals surface area (Å²) in [4.78, 5) is 17.2. The molecule has 2 N–H and O–H groups in total. The molecule has 0 aliphatic carbocycles. The van der Waals surface area contributed by atoms with Crippen molar-refractivity contribution in [2.24, 2.45) is 0 Å². The Morgan fingerprint density at radius 3 is 2.69 bits per heavy atom. The van der Waals surface area contributed by atoms with Gasteiger partial charge in [-0.2, -0.15) is 5.21 Å². The number of hydrogen-bond donors (Lipinski definition) is 2. The number of thiazole rings is 1. The lowest BCUT2D eigenvalue weighted by Gasteiger charge is -2.06. The highest BCUT2D eigenvalue weighted by Gasteiger charge is 2.15. The third-order valence-corrected chi connectivity index (χ3v) is 4.63. The van der Waals surface area contributed by atoms with Crippen molar-refractivity contribution >= 4 is 17.2 Å². The molecule has 8 heteroatoms. The van der Waals surface area contributed by atoms with Gasteiger partial charge in [-0.15, -0.1) is 21.5 Å². The minimum Gasteiger partial charge on any atom is -0.346 e. The molecule has 0 saturated carbocycles. The number of aromatic nitrogens is 5. The van der Waals surface area contributed by atoms with Crippen molar-refractivity contribution in [2.45, 2.75) is 6.54 Å². The van der Waals surface area contributed by atoms with Crippen molar-refractivity contribution in [3.63, 3.8) is 0 Å². The van der Waals surface area contributed by atoms with Gasteiger partial charge in [0.05, 0.1) is 17.8 Å². The Labute approximate surface area is 153 Å². The molecule has 0 aliphatic heterocycles. The predicted molar refractivity (Wildman–Crippen MR) is 98.3 cm³/mol. The number of benzene rings is 2. The van der Waals surface area contributed by atoms with Gasteiger partial charge in [-0.25, -0.2) is 4.98 Å². The molecule has 0 saturated heterocycles. The number of carbonyl (C=O) groups is 1. The average Bonchev–Trinajstić information content (AvgIpc) is 3.39. The van der Waals surface area contributed by atoms with Crippen molar-refractivity contribution < 1.29 is 4.79 Å². The van der Waals surface area contributed by atoms with Crippen molar-refractivity contribution in [1.82, 2.24) is 30.9 Å². The summed E-state index contributed by atoms with van der Waals surface area (Å²) >= 11 is 1.52. The number of H-pyrrole nitrogens is 1. The average molecular weight is 362 g/mol. The van der Waals surface area contributed by atoms with E-state index in [1.165, 1.54) is 11.3 Å². The minimum absolute atomic E-state index is 0.207. The SMILES string of the molecule is O=C(NCc1nc(-c2ccccc2)cs1)c1ccccc1-c1nn[nH]n1. The molecular formula is C18H14N6OS. The van der Waals surface area contributed by atoms with Gasteiger partial charge >= 0.3 is 0 Å². The molecule has 0 radical (unpaired) electrons. The molecule has 7 nitrogen and oxygen atoms in total. The summed E-state index contributed by atoms with van der Waals surface area (Å²) in [5.41, 5.74) is 3.09. The fraction of sp³-hybridized carbons (Fsp3) is 0.0556. The number of tetrazole rings is 1. The van der Waals surface area contributed by atoms with E-state index in [0.29, 0.717) is 23.5 Å². The zero-order valence-electron chi connectivity index (χ0n) is 13.6. The normalized spacial score (nSPS) is 10.6. The molecule has 2 heterocycles. The van der Waals surface area contributed by atoms with E-state index in [2.05, 4.69) is 30.9 Å². The van der Waals surface area contributed by atoms with Gasteiger partial charge in [0.1, 0.15) is 5.01 Å². The summed E-state index contributed by atoms with van der Waals surface area (Å²) in [6.07, 6.45) is 0. The van der Waals surface area contributed by atoms with Crippen LogP contribution < -0.4 is 5.32 Å². The molecule has 0 bridgehead atoms. The molecule has 26 heavy (non-hydrogen) atoms.